The quantitative estimate of drug-likeness (QED) is 0.852. The van der Waals surface area contributed by atoms with Crippen molar-refractivity contribution in [3.05, 3.63) is 29.6 Å². The number of imidazole rings is 1. The Morgan fingerprint density at radius 2 is 2.11 bits per heavy atom. The van der Waals surface area contributed by atoms with Gasteiger partial charge in [0.15, 0.2) is 0 Å². The monoisotopic (exact) mass is 258 g/mol. The van der Waals surface area contributed by atoms with Gasteiger partial charge in [-0.25, -0.2) is 4.98 Å². The molecule has 0 aliphatic rings. The second kappa shape index (κ2) is 4.97. The number of nitrogens with one attached hydrogen (secondary N) is 1. The predicted molar refractivity (Wildman–Crippen MR) is 61.0 cm³/mol. The van der Waals surface area contributed by atoms with Crippen molar-refractivity contribution < 1.29 is 17.9 Å². The molecule has 0 saturated heterocycles. The molecule has 2 aromatic rings. The number of nitrogens with zero attached hydrogens (tertiary/aromatic N) is 1. The van der Waals surface area contributed by atoms with Crippen LogP contribution in [0, 0.1) is 0 Å². The van der Waals surface area contributed by atoms with Gasteiger partial charge in [0.25, 0.3) is 0 Å². The lowest BCUT2D eigenvalue weighted by Crippen LogP contribution is -2.04. The van der Waals surface area contributed by atoms with E-state index in [0.717, 1.165) is 18.6 Å². The van der Waals surface area contributed by atoms with Gasteiger partial charge in [0.2, 0.25) is 0 Å². The van der Waals surface area contributed by atoms with Gasteiger partial charge < -0.3 is 9.72 Å². The Morgan fingerprint density at radius 3 is 2.78 bits per heavy atom. The van der Waals surface area contributed by atoms with Gasteiger partial charge in [-0.2, -0.15) is 13.2 Å². The first-order chi connectivity index (χ1) is 8.50. The zero-order valence-electron chi connectivity index (χ0n) is 9.84. The largest absolute Gasteiger partial charge is 0.416 e. The summed E-state index contributed by atoms with van der Waals surface area (Å²) in [6, 6.07) is 3.45. The third-order valence-corrected chi connectivity index (χ3v) is 2.45. The molecule has 98 valence electrons. The van der Waals surface area contributed by atoms with Crippen molar-refractivity contribution in [2.45, 2.75) is 26.1 Å². The van der Waals surface area contributed by atoms with Crippen LogP contribution in [-0.4, -0.2) is 16.6 Å². The molecule has 0 aliphatic heterocycles. The van der Waals surface area contributed by atoms with Crippen molar-refractivity contribution in [1.29, 1.82) is 0 Å². The molecule has 1 aromatic carbocycles. The van der Waals surface area contributed by atoms with E-state index in [0.29, 0.717) is 23.5 Å². The number of ether oxygens (including phenoxy) is 1. The molecule has 3 nitrogen and oxygen atoms in total. The van der Waals surface area contributed by atoms with Gasteiger partial charge in [0.1, 0.15) is 12.4 Å². The van der Waals surface area contributed by atoms with Gasteiger partial charge in [-0.05, 0) is 24.6 Å². The maximum absolute atomic E-state index is 12.5. The Balaban J connectivity index is 2.23. The molecule has 0 bridgehead atoms. The number of hydrogen-bond acceptors (Lipinski definition) is 2. The number of fused-ring (bicyclic) bond motifs is 1. The summed E-state index contributed by atoms with van der Waals surface area (Å²) in [5.74, 6) is 0.540. The van der Waals surface area contributed by atoms with Gasteiger partial charge in [-0.3, -0.25) is 0 Å². The molecule has 0 fully saturated rings. The Kier molecular flexibility index (Phi) is 3.56. The fourth-order valence-electron chi connectivity index (χ4n) is 1.62. The zero-order valence-corrected chi connectivity index (χ0v) is 9.84. The van der Waals surface area contributed by atoms with E-state index in [1.807, 2.05) is 6.92 Å². The van der Waals surface area contributed by atoms with Crippen LogP contribution in [0.1, 0.15) is 24.7 Å². The highest BCUT2D eigenvalue weighted by Crippen LogP contribution is 2.30. The van der Waals surface area contributed by atoms with Gasteiger partial charge in [-0.15, -0.1) is 0 Å². The smallest absolute Gasteiger partial charge is 0.374 e. The third kappa shape index (κ3) is 2.81. The van der Waals surface area contributed by atoms with Crippen LogP contribution in [0.4, 0.5) is 13.2 Å². The van der Waals surface area contributed by atoms with Crippen molar-refractivity contribution in [1.82, 2.24) is 9.97 Å². The number of benzene rings is 1. The first-order valence-electron chi connectivity index (χ1n) is 5.64. The highest BCUT2D eigenvalue weighted by atomic mass is 19.4. The molecule has 2 rings (SSSR count). The number of aromatic amines is 1. The molecule has 0 amide bonds. The van der Waals surface area contributed by atoms with E-state index in [1.165, 1.54) is 6.07 Å². The summed E-state index contributed by atoms with van der Waals surface area (Å²) >= 11 is 0. The fraction of sp³-hybridized carbons (Fsp3) is 0.417. The molecule has 0 aliphatic carbocycles. The Labute approximate surface area is 102 Å². The summed E-state index contributed by atoms with van der Waals surface area (Å²) in [7, 11) is 0. The summed E-state index contributed by atoms with van der Waals surface area (Å²) in [6.07, 6.45) is -3.45. The highest BCUT2D eigenvalue weighted by molar-refractivity contribution is 5.76. The molecule has 0 radical (unpaired) electrons. The maximum atomic E-state index is 12.5. The minimum absolute atomic E-state index is 0.282. The number of halogens is 3. The van der Waals surface area contributed by atoms with Crippen LogP contribution in [-0.2, 0) is 17.5 Å². The topological polar surface area (TPSA) is 37.9 Å². The summed E-state index contributed by atoms with van der Waals surface area (Å²) in [5.41, 5.74) is 0.206. The van der Waals surface area contributed by atoms with E-state index in [2.05, 4.69) is 9.97 Å². The molecule has 1 heterocycles. The first kappa shape index (κ1) is 12.9. The fourth-order valence-corrected chi connectivity index (χ4v) is 1.62. The number of H-pyrrole nitrogens is 1. The number of hydrogen-bond donors (Lipinski definition) is 1. The number of aromatic nitrogens is 2. The van der Waals surface area contributed by atoms with Crippen molar-refractivity contribution >= 4 is 11.0 Å². The van der Waals surface area contributed by atoms with Crippen molar-refractivity contribution in [2.75, 3.05) is 6.61 Å². The normalized spacial score (nSPS) is 12.2. The Bertz CT molecular complexity index is 534. The van der Waals surface area contributed by atoms with Crippen LogP contribution in [0.2, 0.25) is 0 Å². The van der Waals surface area contributed by atoms with Gasteiger partial charge in [-0.1, -0.05) is 6.92 Å². The lowest BCUT2D eigenvalue weighted by Gasteiger charge is -2.05. The van der Waals surface area contributed by atoms with Crippen LogP contribution >= 0.6 is 0 Å². The average Bonchev–Trinajstić information content (AvgIpc) is 2.69. The molecule has 1 aromatic heterocycles. The van der Waals surface area contributed by atoms with Crippen LogP contribution in [0.25, 0.3) is 11.0 Å². The molecule has 0 unspecified atom stereocenters. The minimum atomic E-state index is -4.34. The van der Waals surface area contributed by atoms with Crippen LogP contribution in [0.3, 0.4) is 0 Å². The molecule has 18 heavy (non-hydrogen) atoms. The molecule has 6 heteroatoms. The number of alkyl halides is 3. The lowest BCUT2D eigenvalue weighted by atomic mass is 10.2. The average molecular weight is 258 g/mol. The molecular formula is C12H13F3N2O. The molecule has 0 atom stereocenters. The van der Waals surface area contributed by atoms with E-state index >= 15 is 0 Å². The second-order valence-electron chi connectivity index (χ2n) is 3.97. The van der Waals surface area contributed by atoms with E-state index in [9.17, 15) is 13.2 Å². The summed E-state index contributed by atoms with van der Waals surface area (Å²) < 4.78 is 42.8. The third-order valence-electron chi connectivity index (χ3n) is 2.45. The van der Waals surface area contributed by atoms with Crippen molar-refractivity contribution in [2.24, 2.45) is 0 Å². The highest BCUT2D eigenvalue weighted by Gasteiger charge is 2.30. The van der Waals surface area contributed by atoms with Crippen molar-refractivity contribution in [3.8, 4) is 0 Å². The van der Waals surface area contributed by atoms with Crippen LogP contribution < -0.4 is 0 Å². The zero-order chi connectivity index (χ0) is 13.2. The molecule has 1 N–H and O–H groups in total. The van der Waals surface area contributed by atoms with Crippen LogP contribution in [0.15, 0.2) is 18.2 Å². The predicted octanol–water partition coefficient (Wildman–Crippen LogP) is 3.51. The van der Waals surface area contributed by atoms with Gasteiger partial charge in [0.05, 0.1) is 16.6 Å². The second-order valence-corrected chi connectivity index (χ2v) is 3.97. The van der Waals surface area contributed by atoms with Gasteiger partial charge in [0, 0.05) is 6.61 Å². The summed E-state index contributed by atoms with van der Waals surface area (Å²) in [5, 5.41) is 0. The maximum Gasteiger partial charge on any atom is 0.416 e. The van der Waals surface area contributed by atoms with Gasteiger partial charge >= 0.3 is 6.18 Å². The van der Waals surface area contributed by atoms with E-state index < -0.39 is 11.7 Å². The Hall–Kier alpha value is -1.56. The standard InChI is InChI=1S/C12H13F3N2O/c1-2-5-18-7-11-16-9-4-3-8(12(13,14)15)6-10(9)17-11/h3-4,6H,2,5,7H2,1H3,(H,16,17). The van der Waals surface area contributed by atoms with Crippen LogP contribution in [0.5, 0.6) is 0 Å². The molecule has 0 spiro atoms. The van der Waals surface area contributed by atoms with E-state index in [-0.39, 0.29) is 6.61 Å². The summed E-state index contributed by atoms with van der Waals surface area (Å²) in [4.78, 5) is 6.99. The van der Waals surface area contributed by atoms with Crippen molar-refractivity contribution in [3.63, 3.8) is 0 Å². The summed E-state index contributed by atoms with van der Waals surface area (Å²) in [6.45, 7) is 2.86. The van der Waals surface area contributed by atoms with E-state index in [1.54, 1.807) is 0 Å². The molecular weight excluding hydrogens is 245 g/mol. The minimum Gasteiger partial charge on any atom is -0.374 e. The number of rotatable bonds is 4. The molecule has 0 saturated carbocycles. The SMILES string of the molecule is CCCOCc1nc2ccc(C(F)(F)F)cc2[nH]1. The lowest BCUT2D eigenvalue weighted by molar-refractivity contribution is -0.137. The first-order valence-corrected chi connectivity index (χ1v) is 5.64. The van der Waals surface area contributed by atoms with E-state index in [4.69, 9.17) is 4.74 Å². The Morgan fingerprint density at radius 1 is 1.33 bits per heavy atom.